The fraction of sp³-hybridized carbons (Fsp3) is 0.400. The van der Waals surface area contributed by atoms with Crippen molar-refractivity contribution in [1.29, 1.82) is 0 Å². The third-order valence-corrected chi connectivity index (χ3v) is 4.86. The van der Waals surface area contributed by atoms with E-state index >= 15 is 0 Å². The van der Waals surface area contributed by atoms with Gasteiger partial charge in [-0.05, 0) is 31.9 Å². The van der Waals surface area contributed by atoms with Crippen molar-refractivity contribution in [3.8, 4) is 0 Å². The number of fused-ring (bicyclic) bond motifs is 1. The van der Waals surface area contributed by atoms with Gasteiger partial charge in [0, 0.05) is 12.2 Å². The number of benzene rings is 1. The Morgan fingerprint density at radius 3 is 2.30 bits per heavy atom. The van der Waals surface area contributed by atoms with Crippen molar-refractivity contribution in [3.05, 3.63) is 42.5 Å². The minimum absolute atomic E-state index is 0.0173. The second kappa shape index (κ2) is 8.16. The number of allylic oxidation sites excluding steroid dienone is 2. The second-order valence-corrected chi connectivity index (χ2v) is 6.72. The Morgan fingerprint density at radius 1 is 1.11 bits per heavy atom. The molecule has 3 atom stereocenters. The first-order valence-corrected chi connectivity index (χ1v) is 9.03. The van der Waals surface area contributed by atoms with Gasteiger partial charge in [-0.25, -0.2) is 0 Å². The third-order valence-electron chi connectivity index (χ3n) is 4.86. The van der Waals surface area contributed by atoms with Gasteiger partial charge in [0.15, 0.2) is 6.10 Å². The lowest BCUT2D eigenvalue weighted by Gasteiger charge is -2.16. The number of amides is 3. The smallest absolute Gasteiger partial charge is 0.308 e. The summed E-state index contributed by atoms with van der Waals surface area (Å²) >= 11 is 0. The molecule has 142 valence electrons. The monoisotopic (exact) mass is 370 g/mol. The van der Waals surface area contributed by atoms with E-state index in [1.165, 1.54) is 6.92 Å². The topological polar surface area (TPSA) is 92.8 Å². The van der Waals surface area contributed by atoms with Gasteiger partial charge in [-0.15, -0.1) is 0 Å². The number of hydrogen-bond acceptors (Lipinski definition) is 5. The van der Waals surface area contributed by atoms with Crippen LogP contribution in [0.4, 0.5) is 5.69 Å². The standard InChI is InChI=1S/C20H22N2O5/c1-13(18(24)21-14-7-3-2-4-8-14)27-17(23)11-12-22-19(25)15-9-5-6-10-16(15)20(22)26/h2-8,13,15-16H,9-12H2,1H3,(H,21,24)/t13-,15+,16+/m1/s1. The maximum Gasteiger partial charge on any atom is 0.308 e. The Hall–Kier alpha value is -2.96. The Morgan fingerprint density at radius 2 is 1.70 bits per heavy atom. The highest BCUT2D eigenvalue weighted by Gasteiger charge is 2.47. The molecule has 0 aromatic heterocycles. The molecule has 3 amide bonds. The number of nitrogens with one attached hydrogen (secondary N) is 1. The molecule has 2 aliphatic rings. The normalized spacial score (nSPS) is 22.3. The summed E-state index contributed by atoms with van der Waals surface area (Å²) in [6.07, 6.45) is 3.84. The van der Waals surface area contributed by atoms with Gasteiger partial charge >= 0.3 is 5.97 Å². The maximum absolute atomic E-state index is 12.4. The molecule has 7 heteroatoms. The fourth-order valence-corrected chi connectivity index (χ4v) is 3.37. The number of carbonyl (C=O) groups excluding carboxylic acids is 4. The van der Waals surface area contributed by atoms with Gasteiger partial charge in [0.1, 0.15) is 0 Å². The van der Waals surface area contributed by atoms with Crippen LogP contribution in [-0.2, 0) is 23.9 Å². The summed E-state index contributed by atoms with van der Waals surface area (Å²) in [5, 5.41) is 2.65. The highest BCUT2D eigenvalue weighted by atomic mass is 16.5. The van der Waals surface area contributed by atoms with E-state index in [0.29, 0.717) is 18.5 Å². The van der Waals surface area contributed by atoms with E-state index in [9.17, 15) is 19.2 Å². The van der Waals surface area contributed by atoms with Crippen LogP contribution in [-0.4, -0.2) is 41.2 Å². The fourth-order valence-electron chi connectivity index (χ4n) is 3.37. The highest BCUT2D eigenvalue weighted by Crippen LogP contribution is 2.35. The summed E-state index contributed by atoms with van der Waals surface area (Å²) in [4.78, 5) is 50.0. The van der Waals surface area contributed by atoms with Crippen LogP contribution in [0.2, 0.25) is 0 Å². The van der Waals surface area contributed by atoms with Crippen LogP contribution in [0.5, 0.6) is 0 Å². The zero-order chi connectivity index (χ0) is 19.4. The SMILES string of the molecule is C[C@@H](OC(=O)CCN1C(=O)[C@H]2CC=CC[C@@H]2C1=O)C(=O)Nc1ccccc1. The minimum atomic E-state index is -0.977. The predicted molar refractivity (Wildman–Crippen MR) is 97.3 cm³/mol. The molecule has 1 aromatic carbocycles. The molecule has 0 spiro atoms. The van der Waals surface area contributed by atoms with Crippen LogP contribution in [0.25, 0.3) is 0 Å². The quantitative estimate of drug-likeness (QED) is 0.469. The Kier molecular flexibility index (Phi) is 5.69. The Labute approximate surface area is 157 Å². The molecule has 1 saturated heterocycles. The van der Waals surface area contributed by atoms with E-state index < -0.39 is 18.0 Å². The number of carbonyl (C=O) groups is 4. The third kappa shape index (κ3) is 4.24. The highest BCUT2D eigenvalue weighted by molar-refractivity contribution is 6.05. The van der Waals surface area contributed by atoms with Gasteiger partial charge in [0.25, 0.3) is 5.91 Å². The van der Waals surface area contributed by atoms with Gasteiger partial charge in [0.2, 0.25) is 11.8 Å². The number of likely N-dealkylation sites (tertiary alicyclic amines) is 1. The molecule has 27 heavy (non-hydrogen) atoms. The minimum Gasteiger partial charge on any atom is -0.452 e. The first-order chi connectivity index (χ1) is 13.0. The first kappa shape index (κ1) is 18.8. The van der Waals surface area contributed by atoms with Crippen molar-refractivity contribution in [2.45, 2.75) is 32.3 Å². The number of nitrogens with zero attached hydrogens (tertiary/aromatic N) is 1. The van der Waals surface area contributed by atoms with Crippen molar-refractivity contribution < 1.29 is 23.9 Å². The lowest BCUT2D eigenvalue weighted by atomic mass is 9.85. The zero-order valence-corrected chi connectivity index (χ0v) is 15.1. The lowest BCUT2D eigenvalue weighted by Crippen LogP contribution is -2.35. The number of anilines is 1. The molecule has 1 aromatic rings. The number of imide groups is 1. The van der Waals surface area contributed by atoms with E-state index in [4.69, 9.17) is 4.74 Å². The molecule has 1 heterocycles. The molecule has 3 rings (SSSR count). The molecule has 1 aliphatic carbocycles. The molecule has 0 radical (unpaired) electrons. The van der Waals surface area contributed by atoms with Gasteiger partial charge in [-0.1, -0.05) is 30.4 Å². The summed E-state index contributed by atoms with van der Waals surface area (Å²) in [6.45, 7) is 1.46. The van der Waals surface area contributed by atoms with E-state index in [2.05, 4.69) is 5.32 Å². The summed E-state index contributed by atoms with van der Waals surface area (Å²) in [5.74, 6) is -2.14. The van der Waals surface area contributed by atoms with Crippen LogP contribution in [0.3, 0.4) is 0 Å². The molecule has 1 N–H and O–H groups in total. The largest absolute Gasteiger partial charge is 0.452 e. The predicted octanol–water partition coefficient (Wildman–Crippen LogP) is 1.90. The molecule has 0 saturated carbocycles. The molecule has 0 unspecified atom stereocenters. The average molecular weight is 370 g/mol. The number of ether oxygens (including phenoxy) is 1. The van der Waals surface area contributed by atoms with Crippen molar-refractivity contribution in [2.24, 2.45) is 11.8 Å². The van der Waals surface area contributed by atoms with Crippen molar-refractivity contribution in [2.75, 3.05) is 11.9 Å². The summed E-state index contributed by atoms with van der Waals surface area (Å²) < 4.78 is 5.12. The Bertz CT molecular complexity index is 748. The lowest BCUT2D eigenvalue weighted by molar-refractivity contribution is -0.154. The van der Waals surface area contributed by atoms with Gasteiger partial charge in [0.05, 0.1) is 18.3 Å². The van der Waals surface area contributed by atoms with Gasteiger partial charge < -0.3 is 10.1 Å². The second-order valence-electron chi connectivity index (χ2n) is 6.72. The summed E-state index contributed by atoms with van der Waals surface area (Å²) in [5.41, 5.74) is 0.606. The van der Waals surface area contributed by atoms with E-state index in [1.54, 1.807) is 24.3 Å². The molecular weight excluding hydrogens is 348 g/mol. The van der Waals surface area contributed by atoms with Crippen molar-refractivity contribution in [3.63, 3.8) is 0 Å². The van der Waals surface area contributed by atoms with Crippen LogP contribution < -0.4 is 5.32 Å². The number of para-hydroxylation sites is 1. The molecule has 0 bridgehead atoms. The molecular formula is C20H22N2O5. The number of hydrogen-bond donors (Lipinski definition) is 1. The van der Waals surface area contributed by atoms with Crippen LogP contribution in [0, 0.1) is 11.8 Å². The number of rotatable bonds is 6. The summed E-state index contributed by atoms with van der Waals surface area (Å²) in [6, 6.07) is 8.84. The van der Waals surface area contributed by atoms with Crippen LogP contribution in [0.1, 0.15) is 26.2 Å². The van der Waals surface area contributed by atoms with Gasteiger partial charge in [-0.3, -0.25) is 24.1 Å². The maximum atomic E-state index is 12.4. The van der Waals surface area contributed by atoms with Crippen LogP contribution >= 0.6 is 0 Å². The van der Waals surface area contributed by atoms with E-state index in [-0.39, 0.29) is 36.6 Å². The molecule has 7 nitrogen and oxygen atoms in total. The van der Waals surface area contributed by atoms with Crippen LogP contribution in [0.15, 0.2) is 42.5 Å². The van der Waals surface area contributed by atoms with Crippen molar-refractivity contribution in [1.82, 2.24) is 4.90 Å². The molecule has 1 aliphatic heterocycles. The first-order valence-electron chi connectivity index (χ1n) is 9.03. The Balaban J connectivity index is 1.47. The van der Waals surface area contributed by atoms with E-state index in [1.807, 2.05) is 18.2 Å². The summed E-state index contributed by atoms with van der Waals surface area (Å²) in [7, 11) is 0. The number of esters is 1. The zero-order valence-electron chi connectivity index (χ0n) is 15.1. The molecule has 1 fully saturated rings. The average Bonchev–Trinajstić information content (AvgIpc) is 2.91. The van der Waals surface area contributed by atoms with Crippen molar-refractivity contribution >= 4 is 29.4 Å². The van der Waals surface area contributed by atoms with E-state index in [0.717, 1.165) is 4.90 Å². The van der Waals surface area contributed by atoms with Gasteiger partial charge in [-0.2, -0.15) is 0 Å².